The molecule has 0 spiro atoms. The van der Waals surface area contributed by atoms with E-state index in [2.05, 4.69) is 15.5 Å². The standard InChI is InChI=1S/C19H29N3O2/c1-12(2)18-21-17(24-22-18)3-4-20-16(23)11-19-8-13-5-14(9-19)7-15(6-13)10-19/h12-15H,3-11H2,1-2H3,(H,20,23). The van der Waals surface area contributed by atoms with Crippen LogP contribution < -0.4 is 5.32 Å². The van der Waals surface area contributed by atoms with Crippen molar-refractivity contribution in [1.29, 1.82) is 0 Å². The lowest BCUT2D eigenvalue weighted by Crippen LogP contribution is -2.48. The van der Waals surface area contributed by atoms with Crippen molar-refractivity contribution in [3.05, 3.63) is 11.7 Å². The van der Waals surface area contributed by atoms with Gasteiger partial charge in [-0.05, 0) is 61.7 Å². The minimum atomic E-state index is 0.209. The predicted octanol–water partition coefficient (Wildman–Crippen LogP) is 3.46. The van der Waals surface area contributed by atoms with Crippen molar-refractivity contribution in [2.45, 2.75) is 71.1 Å². The molecule has 4 fully saturated rings. The Balaban J connectivity index is 1.26. The number of carbonyl (C=O) groups is 1. The van der Waals surface area contributed by atoms with Gasteiger partial charge in [0.25, 0.3) is 0 Å². The van der Waals surface area contributed by atoms with Gasteiger partial charge in [-0.15, -0.1) is 0 Å². The number of hydrogen-bond acceptors (Lipinski definition) is 4. The van der Waals surface area contributed by atoms with Crippen LogP contribution in [0.25, 0.3) is 0 Å². The van der Waals surface area contributed by atoms with Gasteiger partial charge in [0, 0.05) is 25.3 Å². The zero-order chi connectivity index (χ0) is 16.7. The highest BCUT2D eigenvalue weighted by Crippen LogP contribution is 2.61. The molecule has 5 heteroatoms. The molecule has 4 aliphatic carbocycles. The van der Waals surface area contributed by atoms with Crippen LogP contribution in [-0.2, 0) is 11.2 Å². The van der Waals surface area contributed by atoms with Gasteiger partial charge in [-0.2, -0.15) is 4.98 Å². The molecule has 4 saturated carbocycles. The third-order valence-corrected chi connectivity index (χ3v) is 6.36. The first-order valence-corrected chi connectivity index (χ1v) is 9.60. The van der Waals surface area contributed by atoms with Crippen LogP contribution in [0.4, 0.5) is 0 Å². The van der Waals surface area contributed by atoms with Gasteiger partial charge in [0.05, 0.1) is 0 Å². The lowest BCUT2D eigenvalue weighted by atomic mass is 9.49. The third kappa shape index (κ3) is 3.22. The van der Waals surface area contributed by atoms with E-state index in [1.54, 1.807) is 0 Å². The number of nitrogens with zero attached hydrogens (tertiary/aromatic N) is 2. The van der Waals surface area contributed by atoms with Crippen molar-refractivity contribution < 1.29 is 9.32 Å². The first-order valence-electron chi connectivity index (χ1n) is 9.60. The summed E-state index contributed by atoms with van der Waals surface area (Å²) in [5, 5.41) is 7.04. The summed E-state index contributed by atoms with van der Waals surface area (Å²) >= 11 is 0. The summed E-state index contributed by atoms with van der Waals surface area (Å²) < 4.78 is 5.23. The zero-order valence-corrected chi connectivity index (χ0v) is 14.9. The molecule has 24 heavy (non-hydrogen) atoms. The Kier molecular flexibility index (Phi) is 4.13. The first-order chi connectivity index (χ1) is 11.5. The molecule has 5 rings (SSSR count). The summed E-state index contributed by atoms with van der Waals surface area (Å²) in [4.78, 5) is 16.8. The van der Waals surface area contributed by atoms with Crippen molar-refractivity contribution in [2.24, 2.45) is 23.2 Å². The quantitative estimate of drug-likeness (QED) is 0.867. The molecule has 0 saturated heterocycles. The van der Waals surface area contributed by atoms with Crippen LogP contribution in [0.5, 0.6) is 0 Å². The topological polar surface area (TPSA) is 68.0 Å². The summed E-state index contributed by atoms with van der Waals surface area (Å²) in [6.45, 7) is 4.68. The molecule has 1 amide bonds. The number of carbonyl (C=O) groups excluding carboxylic acids is 1. The summed E-state index contributed by atoms with van der Waals surface area (Å²) in [5.74, 6) is 4.54. The predicted molar refractivity (Wildman–Crippen MR) is 90.3 cm³/mol. The average molecular weight is 331 g/mol. The van der Waals surface area contributed by atoms with Crippen LogP contribution in [0.3, 0.4) is 0 Å². The number of nitrogens with one attached hydrogen (secondary N) is 1. The maximum Gasteiger partial charge on any atom is 0.228 e. The monoisotopic (exact) mass is 331 g/mol. The van der Waals surface area contributed by atoms with E-state index in [-0.39, 0.29) is 11.8 Å². The Bertz CT molecular complexity index is 572. The van der Waals surface area contributed by atoms with Gasteiger partial charge in [-0.1, -0.05) is 19.0 Å². The van der Waals surface area contributed by atoms with Crippen LogP contribution in [0.2, 0.25) is 0 Å². The minimum absolute atomic E-state index is 0.209. The van der Waals surface area contributed by atoms with Gasteiger partial charge in [0.15, 0.2) is 5.82 Å². The fourth-order valence-electron chi connectivity index (χ4n) is 5.82. The van der Waals surface area contributed by atoms with Crippen LogP contribution >= 0.6 is 0 Å². The highest BCUT2D eigenvalue weighted by Gasteiger charge is 2.51. The SMILES string of the molecule is CC(C)c1noc(CCNC(=O)CC23CC4CC(CC(C4)C2)C3)n1. The molecule has 132 valence electrons. The van der Waals surface area contributed by atoms with Crippen LogP contribution in [0, 0.1) is 23.2 Å². The van der Waals surface area contributed by atoms with Crippen LogP contribution in [0.1, 0.15) is 76.4 Å². The van der Waals surface area contributed by atoms with E-state index in [1.165, 1.54) is 38.5 Å². The van der Waals surface area contributed by atoms with E-state index in [1.807, 2.05) is 13.8 Å². The molecule has 0 radical (unpaired) electrons. The Labute approximate surface area is 144 Å². The van der Waals surface area contributed by atoms with Crippen LogP contribution in [0.15, 0.2) is 4.52 Å². The summed E-state index contributed by atoms with van der Waals surface area (Å²) in [6, 6.07) is 0. The average Bonchev–Trinajstić information content (AvgIpc) is 2.94. The number of hydrogen-bond donors (Lipinski definition) is 1. The van der Waals surface area contributed by atoms with E-state index >= 15 is 0 Å². The van der Waals surface area contributed by atoms with E-state index in [9.17, 15) is 4.79 Å². The molecule has 4 aliphatic rings. The lowest BCUT2D eigenvalue weighted by molar-refractivity contribution is -0.129. The van der Waals surface area contributed by atoms with Gasteiger partial charge < -0.3 is 9.84 Å². The molecular weight excluding hydrogens is 302 g/mol. The lowest BCUT2D eigenvalue weighted by Gasteiger charge is -2.56. The molecule has 1 aromatic rings. The van der Waals surface area contributed by atoms with Crippen molar-refractivity contribution in [2.75, 3.05) is 6.54 Å². The fourth-order valence-corrected chi connectivity index (χ4v) is 5.82. The molecule has 0 unspecified atom stereocenters. The van der Waals surface area contributed by atoms with E-state index in [0.717, 1.165) is 30.0 Å². The summed E-state index contributed by atoms with van der Waals surface area (Å²) in [5.41, 5.74) is 0.314. The van der Waals surface area contributed by atoms with E-state index < -0.39 is 0 Å². The Morgan fingerprint density at radius 2 is 1.83 bits per heavy atom. The molecule has 0 atom stereocenters. The van der Waals surface area contributed by atoms with Gasteiger partial charge in [-0.3, -0.25) is 4.79 Å². The maximum atomic E-state index is 12.5. The molecule has 1 heterocycles. The Morgan fingerprint density at radius 3 is 2.38 bits per heavy atom. The normalized spacial score (nSPS) is 34.0. The minimum Gasteiger partial charge on any atom is -0.356 e. The molecule has 4 bridgehead atoms. The molecule has 5 nitrogen and oxygen atoms in total. The van der Waals surface area contributed by atoms with Gasteiger partial charge in [-0.25, -0.2) is 0 Å². The first kappa shape index (κ1) is 16.1. The van der Waals surface area contributed by atoms with E-state index in [0.29, 0.717) is 24.3 Å². The zero-order valence-electron chi connectivity index (χ0n) is 14.9. The highest BCUT2D eigenvalue weighted by molar-refractivity contribution is 5.76. The Hall–Kier alpha value is -1.39. The molecule has 1 aromatic heterocycles. The fraction of sp³-hybridized carbons (Fsp3) is 0.842. The largest absolute Gasteiger partial charge is 0.356 e. The summed E-state index contributed by atoms with van der Waals surface area (Å²) in [6.07, 6.45) is 9.47. The number of aromatic nitrogens is 2. The van der Waals surface area contributed by atoms with Gasteiger partial charge in [0.2, 0.25) is 11.8 Å². The van der Waals surface area contributed by atoms with Crippen molar-refractivity contribution >= 4 is 5.91 Å². The molecule has 0 aromatic carbocycles. The summed E-state index contributed by atoms with van der Waals surface area (Å²) in [7, 11) is 0. The number of amides is 1. The van der Waals surface area contributed by atoms with Crippen molar-refractivity contribution in [3.63, 3.8) is 0 Å². The van der Waals surface area contributed by atoms with Crippen molar-refractivity contribution in [3.8, 4) is 0 Å². The van der Waals surface area contributed by atoms with Gasteiger partial charge >= 0.3 is 0 Å². The second-order valence-corrected chi connectivity index (χ2v) is 8.90. The second kappa shape index (κ2) is 6.16. The van der Waals surface area contributed by atoms with Gasteiger partial charge in [0.1, 0.15) is 0 Å². The molecule has 1 N–H and O–H groups in total. The molecule has 0 aliphatic heterocycles. The smallest absolute Gasteiger partial charge is 0.228 e. The third-order valence-electron chi connectivity index (χ3n) is 6.36. The Morgan fingerprint density at radius 1 is 1.21 bits per heavy atom. The second-order valence-electron chi connectivity index (χ2n) is 8.90. The number of rotatable bonds is 6. The van der Waals surface area contributed by atoms with Crippen molar-refractivity contribution in [1.82, 2.24) is 15.5 Å². The molecular formula is C19H29N3O2. The maximum absolute atomic E-state index is 12.5. The van der Waals surface area contributed by atoms with E-state index in [4.69, 9.17) is 4.52 Å². The highest BCUT2D eigenvalue weighted by atomic mass is 16.5. The van der Waals surface area contributed by atoms with Crippen LogP contribution in [-0.4, -0.2) is 22.6 Å².